The summed E-state index contributed by atoms with van der Waals surface area (Å²) in [6, 6.07) is 5.05. The number of benzene rings is 1. The molecule has 0 atom stereocenters. The van der Waals surface area contributed by atoms with Crippen LogP contribution in [0.2, 0.25) is 0 Å². The molecule has 0 fully saturated rings. The number of H-pyrrole nitrogens is 1. The van der Waals surface area contributed by atoms with Crippen molar-refractivity contribution in [2.75, 3.05) is 12.4 Å². The summed E-state index contributed by atoms with van der Waals surface area (Å²) in [6.07, 6.45) is 1.64. The van der Waals surface area contributed by atoms with Crippen molar-refractivity contribution in [2.45, 2.75) is 6.92 Å². The largest absolute Gasteiger partial charge is 0.357 e. The molecule has 3 aromatic rings. The minimum atomic E-state index is -0.251. The second kappa shape index (κ2) is 4.31. The van der Waals surface area contributed by atoms with Gasteiger partial charge >= 0.3 is 0 Å². The van der Waals surface area contributed by atoms with E-state index in [-0.39, 0.29) is 5.82 Å². The Morgan fingerprint density at radius 1 is 1.26 bits per heavy atom. The van der Waals surface area contributed by atoms with Crippen molar-refractivity contribution >= 4 is 17.0 Å². The predicted octanol–water partition coefficient (Wildman–Crippen LogP) is 2.51. The zero-order valence-electron chi connectivity index (χ0n) is 10.5. The Bertz CT molecular complexity index is 750. The summed E-state index contributed by atoms with van der Waals surface area (Å²) < 4.78 is 13.7. The normalized spacial score (nSPS) is 10.9. The van der Waals surface area contributed by atoms with Crippen LogP contribution in [0, 0.1) is 12.7 Å². The van der Waals surface area contributed by atoms with Gasteiger partial charge in [0.15, 0.2) is 5.65 Å². The SMILES string of the molecule is CNc1nc(-c2ccc(C)c(F)c2)c2cn[nH]c2n1. The molecule has 1 aromatic carbocycles. The molecule has 0 saturated heterocycles. The molecular formula is C13H12FN5. The highest BCUT2D eigenvalue weighted by Gasteiger charge is 2.12. The Labute approximate surface area is 108 Å². The summed E-state index contributed by atoms with van der Waals surface area (Å²) in [4.78, 5) is 8.63. The molecule has 2 aromatic heterocycles. The van der Waals surface area contributed by atoms with Crippen molar-refractivity contribution in [3.8, 4) is 11.3 Å². The number of rotatable bonds is 2. The van der Waals surface area contributed by atoms with Gasteiger partial charge in [-0.15, -0.1) is 0 Å². The van der Waals surface area contributed by atoms with Gasteiger partial charge in [-0.2, -0.15) is 10.1 Å². The maximum Gasteiger partial charge on any atom is 0.225 e. The fraction of sp³-hybridized carbons (Fsp3) is 0.154. The van der Waals surface area contributed by atoms with Gasteiger partial charge in [-0.05, 0) is 18.6 Å². The molecule has 3 rings (SSSR count). The lowest BCUT2D eigenvalue weighted by Gasteiger charge is -2.06. The van der Waals surface area contributed by atoms with Crippen molar-refractivity contribution in [1.29, 1.82) is 0 Å². The second-order valence-corrected chi connectivity index (χ2v) is 4.24. The first-order valence-electron chi connectivity index (χ1n) is 5.84. The van der Waals surface area contributed by atoms with Gasteiger partial charge in [0.05, 0.1) is 17.3 Å². The molecule has 0 aliphatic rings. The Balaban J connectivity index is 2.27. The lowest BCUT2D eigenvalue weighted by Crippen LogP contribution is -1.99. The van der Waals surface area contributed by atoms with Crippen LogP contribution in [0.4, 0.5) is 10.3 Å². The average molecular weight is 257 g/mol. The van der Waals surface area contributed by atoms with Gasteiger partial charge in [-0.3, -0.25) is 5.10 Å². The van der Waals surface area contributed by atoms with Crippen LogP contribution in [-0.2, 0) is 0 Å². The first kappa shape index (κ1) is 11.6. The Kier molecular flexibility index (Phi) is 2.63. The molecule has 0 amide bonds. The Hall–Kier alpha value is -2.50. The third-order valence-corrected chi connectivity index (χ3v) is 2.98. The average Bonchev–Trinajstić information content (AvgIpc) is 2.89. The van der Waals surface area contributed by atoms with E-state index >= 15 is 0 Å². The van der Waals surface area contributed by atoms with Gasteiger partial charge in [0, 0.05) is 12.6 Å². The van der Waals surface area contributed by atoms with Gasteiger partial charge in [-0.25, -0.2) is 9.37 Å². The summed E-state index contributed by atoms with van der Waals surface area (Å²) in [7, 11) is 1.73. The van der Waals surface area contributed by atoms with E-state index in [0.717, 1.165) is 5.39 Å². The molecule has 0 unspecified atom stereocenters. The quantitative estimate of drug-likeness (QED) is 0.740. The number of nitrogens with one attached hydrogen (secondary N) is 2. The molecule has 0 saturated carbocycles. The molecule has 96 valence electrons. The molecule has 6 heteroatoms. The van der Waals surface area contributed by atoms with E-state index in [9.17, 15) is 4.39 Å². The topological polar surface area (TPSA) is 66.5 Å². The minimum absolute atomic E-state index is 0.251. The van der Waals surface area contributed by atoms with Crippen LogP contribution in [0.5, 0.6) is 0 Å². The van der Waals surface area contributed by atoms with E-state index in [2.05, 4.69) is 25.5 Å². The molecule has 0 bridgehead atoms. The number of hydrogen-bond acceptors (Lipinski definition) is 4. The van der Waals surface area contributed by atoms with E-state index in [1.54, 1.807) is 26.2 Å². The monoisotopic (exact) mass is 257 g/mol. The van der Waals surface area contributed by atoms with Crippen LogP contribution in [0.1, 0.15) is 5.56 Å². The lowest BCUT2D eigenvalue weighted by atomic mass is 10.1. The van der Waals surface area contributed by atoms with E-state index in [1.165, 1.54) is 6.07 Å². The van der Waals surface area contributed by atoms with Gasteiger partial charge in [0.2, 0.25) is 5.95 Å². The van der Waals surface area contributed by atoms with Gasteiger partial charge in [0.1, 0.15) is 5.82 Å². The van der Waals surface area contributed by atoms with Gasteiger partial charge in [-0.1, -0.05) is 12.1 Å². The summed E-state index contributed by atoms with van der Waals surface area (Å²) in [5.74, 6) is 0.214. The van der Waals surface area contributed by atoms with E-state index in [4.69, 9.17) is 0 Å². The molecule has 2 heterocycles. The smallest absolute Gasteiger partial charge is 0.225 e. The number of halogens is 1. The van der Waals surface area contributed by atoms with Gasteiger partial charge in [0.25, 0.3) is 0 Å². The van der Waals surface area contributed by atoms with Crippen LogP contribution in [0.3, 0.4) is 0 Å². The van der Waals surface area contributed by atoms with Crippen LogP contribution < -0.4 is 5.32 Å². The van der Waals surface area contributed by atoms with E-state index in [1.807, 2.05) is 6.07 Å². The maximum absolute atomic E-state index is 13.7. The number of anilines is 1. The van der Waals surface area contributed by atoms with Crippen LogP contribution in [-0.4, -0.2) is 27.2 Å². The highest BCUT2D eigenvalue weighted by Crippen LogP contribution is 2.27. The zero-order valence-corrected chi connectivity index (χ0v) is 10.5. The number of hydrogen-bond donors (Lipinski definition) is 2. The molecule has 19 heavy (non-hydrogen) atoms. The summed E-state index contributed by atoms with van der Waals surface area (Å²) in [5.41, 5.74) is 2.58. The van der Waals surface area contributed by atoms with Crippen LogP contribution in [0.25, 0.3) is 22.3 Å². The van der Waals surface area contributed by atoms with Gasteiger partial charge < -0.3 is 5.32 Å². The number of aromatic nitrogens is 4. The predicted molar refractivity (Wildman–Crippen MR) is 71.4 cm³/mol. The highest BCUT2D eigenvalue weighted by molar-refractivity contribution is 5.90. The summed E-state index contributed by atoms with van der Waals surface area (Å²) in [5, 5.41) is 10.4. The second-order valence-electron chi connectivity index (χ2n) is 4.24. The van der Waals surface area contributed by atoms with Crippen molar-refractivity contribution in [2.24, 2.45) is 0 Å². The number of aryl methyl sites for hydroxylation is 1. The van der Waals surface area contributed by atoms with E-state index < -0.39 is 0 Å². The first-order valence-corrected chi connectivity index (χ1v) is 5.84. The third kappa shape index (κ3) is 1.91. The van der Waals surface area contributed by atoms with Crippen molar-refractivity contribution < 1.29 is 4.39 Å². The zero-order chi connectivity index (χ0) is 13.4. The van der Waals surface area contributed by atoms with Crippen molar-refractivity contribution in [3.63, 3.8) is 0 Å². The first-order chi connectivity index (χ1) is 9.19. The molecule has 0 radical (unpaired) electrons. The van der Waals surface area contributed by atoms with Crippen molar-refractivity contribution in [1.82, 2.24) is 20.2 Å². The Morgan fingerprint density at radius 3 is 2.84 bits per heavy atom. The van der Waals surface area contributed by atoms with Crippen LogP contribution in [0.15, 0.2) is 24.4 Å². The molecule has 0 aliphatic heterocycles. The Morgan fingerprint density at radius 2 is 2.11 bits per heavy atom. The third-order valence-electron chi connectivity index (χ3n) is 2.98. The number of fused-ring (bicyclic) bond motifs is 1. The standard InChI is InChI=1S/C13H12FN5/c1-7-3-4-8(5-10(7)14)11-9-6-16-19-12(9)18-13(15-2)17-11/h3-6H,1-2H3,(H2,15,16,17,18,19). The number of aromatic amines is 1. The van der Waals surface area contributed by atoms with Crippen molar-refractivity contribution in [3.05, 3.63) is 35.8 Å². The minimum Gasteiger partial charge on any atom is -0.357 e. The summed E-state index contributed by atoms with van der Waals surface area (Å²) in [6.45, 7) is 1.73. The molecule has 5 nitrogen and oxygen atoms in total. The fourth-order valence-corrected chi connectivity index (χ4v) is 1.91. The molecule has 0 spiro atoms. The summed E-state index contributed by atoms with van der Waals surface area (Å²) >= 11 is 0. The highest BCUT2D eigenvalue weighted by atomic mass is 19.1. The molecule has 0 aliphatic carbocycles. The number of nitrogens with zero attached hydrogens (tertiary/aromatic N) is 3. The maximum atomic E-state index is 13.7. The fourth-order valence-electron chi connectivity index (χ4n) is 1.91. The lowest BCUT2D eigenvalue weighted by molar-refractivity contribution is 0.619. The molecular weight excluding hydrogens is 245 g/mol. The molecule has 2 N–H and O–H groups in total. The van der Waals surface area contributed by atoms with Crippen LogP contribution >= 0.6 is 0 Å². The van der Waals surface area contributed by atoms with E-state index in [0.29, 0.717) is 28.4 Å².